The summed E-state index contributed by atoms with van der Waals surface area (Å²) < 4.78 is 19.4. The first-order valence-corrected chi connectivity index (χ1v) is 7.32. The normalized spacial score (nSPS) is 12.2. The first-order valence-electron chi connectivity index (χ1n) is 6.56. The van der Waals surface area contributed by atoms with Crippen LogP contribution < -0.4 is 10.5 Å². The Morgan fingerprint density at radius 2 is 1.95 bits per heavy atom. The molecule has 2 nitrogen and oxygen atoms in total. The van der Waals surface area contributed by atoms with E-state index >= 15 is 0 Å². The molecule has 112 valence electrons. The molecule has 0 aliphatic carbocycles. The Morgan fingerprint density at radius 3 is 2.57 bits per heavy atom. The fraction of sp³-hybridized carbons (Fsp3) is 0.250. The van der Waals surface area contributed by atoms with Crippen molar-refractivity contribution in [3.63, 3.8) is 0 Å². The largest absolute Gasteiger partial charge is 0.486 e. The van der Waals surface area contributed by atoms with Crippen LogP contribution in [0.5, 0.6) is 5.75 Å². The molecule has 0 aliphatic heterocycles. The van der Waals surface area contributed by atoms with Gasteiger partial charge in [0.05, 0.1) is 0 Å². The number of nitrogens with two attached hydrogens (primary N) is 1. The van der Waals surface area contributed by atoms with E-state index in [0.717, 1.165) is 11.1 Å². The van der Waals surface area contributed by atoms with Crippen molar-refractivity contribution >= 4 is 23.2 Å². The zero-order valence-electron chi connectivity index (χ0n) is 11.6. The average Bonchev–Trinajstić information content (AvgIpc) is 2.39. The van der Waals surface area contributed by atoms with E-state index in [1.54, 1.807) is 24.3 Å². The summed E-state index contributed by atoms with van der Waals surface area (Å²) in [6.07, 6.45) is 0.625. The maximum absolute atomic E-state index is 13.9. The number of benzene rings is 2. The van der Waals surface area contributed by atoms with Gasteiger partial charge in [0.25, 0.3) is 0 Å². The van der Waals surface area contributed by atoms with Crippen molar-refractivity contribution in [1.82, 2.24) is 0 Å². The molecule has 2 N–H and O–H groups in total. The zero-order valence-corrected chi connectivity index (χ0v) is 13.1. The van der Waals surface area contributed by atoms with Crippen molar-refractivity contribution in [2.24, 2.45) is 5.73 Å². The molecule has 1 unspecified atom stereocenters. The Kier molecular flexibility index (Phi) is 5.45. The number of hydrogen-bond acceptors (Lipinski definition) is 2. The van der Waals surface area contributed by atoms with E-state index < -0.39 is 5.82 Å². The SMILES string of the molecule is CC(N)Cc1ccc(OCc2ccc(Cl)cc2Cl)c(F)c1. The maximum atomic E-state index is 13.9. The third-order valence-electron chi connectivity index (χ3n) is 2.95. The van der Waals surface area contributed by atoms with Crippen molar-refractivity contribution in [2.45, 2.75) is 26.0 Å². The Bertz CT molecular complexity index is 632. The second-order valence-corrected chi connectivity index (χ2v) is 5.81. The lowest BCUT2D eigenvalue weighted by Gasteiger charge is -2.11. The molecule has 0 bridgehead atoms. The van der Waals surface area contributed by atoms with Crippen LogP contribution in [0.25, 0.3) is 0 Å². The van der Waals surface area contributed by atoms with Gasteiger partial charge in [0, 0.05) is 21.7 Å². The van der Waals surface area contributed by atoms with E-state index in [1.807, 2.05) is 13.0 Å². The Morgan fingerprint density at radius 1 is 1.19 bits per heavy atom. The Hall–Kier alpha value is -1.29. The second-order valence-electron chi connectivity index (χ2n) is 4.97. The zero-order chi connectivity index (χ0) is 15.4. The molecule has 1 atom stereocenters. The highest BCUT2D eigenvalue weighted by Gasteiger charge is 2.08. The van der Waals surface area contributed by atoms with E-state index in [4.69, 9.17) is 33.7 Å². The summed E-state index contributed by atoms with van der Waals surface area (Å²) >= 11 is 11.9. The molecule has 5 heteroatoms. The molecule has 0 fully saturated rings. The summed E-state index contributed by atoms with van der Waals surface area (Å²) in [5.74, 6) is -0.215. The molecular weight excluding hydrogens is 312 g/mol. The second kappa shape index (κ2) is 7.12. The summed E-state index contributed by atoms with van der Waals surface area (Å²) in [5, 5.41) is 1.05. The van der Waals surface area contributed by atoms with Crippen LogP contribution in [0.1, 0.15) is 18.1 Å². The van der Waals surface area contributed by atoms with Gasteiger partial charge in [0.15, 0.2) is 11.6 Å². The maximum Gasteiger partial charge on any atom is 0.165 e. The quantitative estimate of drug-likeness (QED) is 0.870. The molecule has 0 aromatic heterocycles. The first-order chi connectivity index (χ1) is 9.95. The number of hydrogen-bond donors (Lipinski definition) is 1. The van der Waals surface area contributed by atoms with E-state index in [2.05, 4.69) is 0 Å². The lowest BCUT2D eigenvalue weighted by atomic mass is 10.1. The van der Waals surface area contributed by atoms with Crippen molar-refractivity contribution < 1.29 is 9.13 Å². The number of halogens is 3. The molecule has 21 heavy (non-hydrogen) atoms. The van der Waals surface area contributed by atoms with Crippen molar-refractivity contribution in [1.29, 1.82) is 0 Å². The lowest BCUT2D eigenvalue weighted by Crippen LogP contribution is -2.17. The Labute approximate surface area is 133 Å². The van der Waals surface area contributed by atoms with Gasteiger partial charge in [-0.15, -0.1) is 0 Å². The highest BCUT2D eigenvalue weighted by Crippen LogP contribution is 2.24. The van der Waals surface area contributed by atoms with Gasteiger partial charge in [-0.05, 0) is 43.2 Å². The highest BCUT2D eigenvalue weighted by molar-refractivity contribution is 6.35. The van der Waals surface area contributed by atoms with Gasteiger partial charge in [0.2, 0.25) is 0 Å². The minimum Gasteiger partial charge on any atom is -0.486 e. The van der Waals surface area contributed by atoms with Gasteiger partial charge < -0.3 is 10.5 Å². The fourth-order valence-electron chi connectivity index (χ4n) is 1.95. The molecule has 0 amide bonds. The average molecular weight is 328 g/mol. The summed E-state index contributed by atoms with van der Waals surface area (Å²) in [7, 11) is 0. The summed E-state index contributed by atoms with van der Waals surface area (Å²) in [6, 6.07) is 9.96. The van der Waals surface area contributed by atoms with Crippen molar-refractivity contribution in [3.8, 4) is 5.75 Å². The molecule has 0 aliphatic rings. The van der Waals surface area contributed by atoms with Crippen LogP contribution in [-0.4, -0.2) is 6.04 Å². The monoisotopic (exact) mass is 327 g/mol. The summed E-state index contributed by atoms with van der Waals surface area (Å²) in [4.78, 5) is 0. The van der Waals surface area contributed by atoms with Crippen LogP contribution in [0.15, 0.2) is 36.4 Å². The molecule has 2 aromatic carbocycles. The van der Waals surface area contributed by atoms with Gasteiger partial charge in [-0.25, -0.2) is 4.39 Å². The molecule has 2 rings (SSSR count). The molecule has 0 saturated carbocycles. The van der Waals surface area contributed by atoms with Crippen LogP contribution in [0.4, 0.5) is 4.39 Å². The molecule has 0 heterocycles. The molecule has 0 saturated heterocycles. The minimum atomic E-state index is -0.404. The van der Waals surface area contributed by atoms with Gasteiger partial charge in [-0.2, -0.15) is 0 Å². The summed E-state index contributed by atoms with van der Waals surface area (Å²) in [5.41, 5.74) is 7.29. The molecule has 2 aromatic rings. The standard InChI is InChI=1S/C16H16Cl2FNO/c1-10(20)6-11-2-5-16(15(19)7-11)21-9-12-3-4-13(17)8-14(12)18/h2-5,7-8,10H,6,9,20H2,1H3. The van der Waals surface area contributed by atoms with E-state index in [9.17, 15) is 4.39 Å². The van der Waals surface area contributed by atoms with Crippen molar-refractivity contribution in [3.05, 3.63) is 63.4 Å². The fourth-order valence-corrected chi connectivity index (χ4v) is 2.42. The van der Waals surface area contributed by atoms with Gasteiger partial charge in [-0.1, -0.05) is 35.3 Å². The van der Waals surface area contributed by atoms with E-state index in [0.29, 0.717) is 16.5 Å². The van der Waals surface area contributed by atoms with Crippen LogP contribution >= 0.6 is 23.2 Å². The van der Waals surface area contributed by atoms with Crippen LogP contribution in [0, 0.1) is 5.82 Å². The van der Waals surface area contributed by atoms with Gasteiger partial charge in [0.1, 0.15) is 6.61 Å². The van der Waals surface area contributed by atoms with Crippen LogP contribution in [0.3, 0.4) is 0 Å². The minimum absolute atomic E-state index is 0.0101. The predicted molar refractivity (Wildman–Crippen MR) is 84.5 cm³/mol. The van der Waals surface area contributed by atoms with Gasteiger partial charge in [-0.3, -0.25) is 0 Å². The number of rotatable bonds is 5. The van der Waals surface area contributed by atoms with Gasteiger partial charge >= 0.3 is 0 Å². The smallest absolute Gasteiger partial charge is 0.165 e. The predicted octanol–water partition coefficient (Wildman–Crippen LogP) is 4.60. The van der Waals surface area contributed by atoms with Crippen LogP contribution in [-0.2, 0) is 13.0 Å². The number of ether oxygens (including phenoxy) is 1. The molecule has 0 radical (unpaired) electrons. The first kappa shape index (κ1) is 16.1. The van der Waals surface area contributed by atoms with Crippen LogP contribution in [0.2, 0.25) is 10.0 Å². The summed E-state index contributed by atoms with van der Waals surface area (Å²) in [6.45, 7) is 2.06. The van der Waals surface area contributed by atoms with Crippen molar-refractivity contribution in [2.75, 3.05) is 0 Å². The Balaban J connectivity index is 2.06. The van der Waals surface area contributed by atoms with E-state index in [1.165, 1.54) is 6.07 Å². The topological polar surface area (TPSA) is 35.2 Å². The third-order valence-corrected chi connectivity index (χ3v) is 3.54. The highest BCUT2D eigenvalue weighted by atomic mass is 35.5. The van der Waals surface area contributed by atoms with E-state index in [-0.39, 0.29) is 18.4 Å². The molecular formula is C16H16Cl2FNO. The lowest BCUT2D eigenvalue weighted by molar-refractivity contribution is 0.290. The third kappa shape index (κ3) is 4.60. The molecule has 0 spiro atoms.